The average molecular weight is 285 g/mol. The zero-order valence-electron chi connectivity index (χ0n) is 10.4. The van der Waals surface area contributed by atoms with Gasteiger partial charge in [0.1, 0.15) is 5.75 Å². The van der Waals surface area contributed by atoms with Gasteiger partial charge >= 0.3 is 0 Å². The first-order valence-corrected chi connectivity index (χ1v) is 6.97. The van der Waals surface area contributed by atoms with E-state index in [1.807, 2.05) is 30.3 Å². The quantitative estimate of drug-likeness (QED) is 0.655. The minimum absolute atomic E-state index is 0.0723. The van der Waals surface area contributed by atoms with Crippen molar-refractivity contribution in [1.29, 1.82) is 0 Å². The minimum atomic E-state index is -0.0723. The number of carbonyl (C=O) groups is 1. The third kappa shape index (κ3) is 2.50. The van der Waals surface area contributed by atoms with Crippen LogP contribution in [0.2, 0.25) is 0 Å². The highest BCUT2D eigenvalue weighted by Gasteiger charge is 2.16. The second-order valence-corrected chi connectivity index (χ2v) is 5.17. The Morgan fingerprint density at radius 2 is 2.10 bits per heavy atom. The summed E-state index contributed by atoms with van der Waals surface area (Å²) in [7, 11) is 0. The van der Waals surface area contributed by atoms with Gasteiger partial charge in [0.2, 0.25) is 5.91 Å². The van der Waals surface area contributed by atoms with Crippen molar-refractivity contribution in [3.63, 3.8) is 0 Å². The van der Waals surface area contributed by atoms with Gasteiger partial charge in [0.05, 0.1) is 12.0 Å². The number of benzene rings is 2. The number of thioether (sulfide) groups is 1. The van der Waals surface area contributed by atoms with Gasteiger partial charge < -0.3 is 10.4 Å². The molecule has 6 heteroatoms. The van der Waals surface area contributed by atoms with Crippen molar-refractivity contribution in [2.24, 2.45) is 10.2 Å². The van der Waals surface area contributed by atoms with E-state index in [1.54, 1.807) is 6.07 Å². The smallest absolute Gasteiger partial charge is 0.236 e. The molecule has 5 nitrogen and oxygen atoms in total. The summed E-state index contributed by atoms with van der Waals surface area (Å²) in [6.45, 7) is 0. The van der Waals surface area contributed by atoms with E-state index in [4.69, 9.17) is 0 Å². The molecule has 2 aromatic rings. The number of phenolic OH excluding ortho intramolecular Hbond substituents is 1. The molecular weight excluding hydrogens is 274 g/mol. The predicted octanol–water partition coefficient (Wildman–Crippen LogP) is 2.10. The molecule has 2 aromatic carbocycles. The zero-order valence-corrected chi connectivity index (χ0v) is 11.2. The number of hydrogen-bond donors (Lipinski definition) is 2. The van der Waals surface area contributed by atoms with Crippen molar-refractivity contribution in [1.82, 2.24) is 5.32 Å². The van der Waals surface area contributed by atoms with Crippen molar-refractivity contribution in [2.45, 2.75) is 0 Å². The predicted molar refractivity (Wildman–Crippen MR) is 81.2 cm³/mol. The molecule has 0 radical (unpaired) electrons. The number of hydrogen-bond acceptors (Lipinski definition) is 5. The minimum Gasteiger partial charge on any atom is -0.507 e. The van der Waals surface area contributed by atoms with Crippen LogP contribution in [0.15, 0.2) is 46.6 Å². The van der Waals surface area contributed by atoms with E-state index in [0.29, 0.717) is 16.5 Å². The lowest BCUT2D eigenvalue weighted by molar-refractivity contribution is -0.116. The van der Waals surface area contributed by atoms with Crippen LogP contribution >= 0.6 is 11.8 Å². The standard InChI is InChI=1S/C14H11N3O2S/c18-12-6-5-9-3-1-2-4-10(9)11(12)7-15-17-14-16-13(19)8-20-14/h1-7,18H,8H2,(H,16,17,19)/b15-7-. The summed E-state index contributed by atoms with van der Waals surface area (Å²) in [4.78, 5) is 11.0. The molecule has 3 rings (SSSR count). The van der Waals surface area contributed by atoms with Gasteiger partial charge in [-0.1, -0.05) is 42.1 Å². The van der Waals surface area contributed by atoms with E-state index in [0.717, 1.165) is 10.8 Å². The molecule has 2 N–H and O–H groups in total. The van der Waals surface area contributed by atoms with Crippen LogP contribution in [0.25, 0.3) is 10.8 Å². The summed E-state index contributed by atoms with van der Waals surface area (Å²) in [5.74, 6) is 0.446. The summed E-state index contributed by atoms with van der Waals surface area (Å²) >= 11 is 1.31. The highest BCUT2D eigenvalue weighted by atomic mass is 32.2. The van der Waals surface area contributed by atoms with E-state index in [1.165, 1.54) is 18.0 Å². The molecule has 0 saturated carbocycles. The average Bonchev–Trinajstić information content (AvgIpc) is 2.87. The van der Waals surface area contributed by atoms with Crippen LogP contribution in [0, 0.1) is 0 Å². The molecule has 0 atom stereocenters. The van der Waals surface area contributed by atoms with Gasteiger partial charge in [-0.15, -0.1) is 5.10 Å². The number of nitrogens with zero attached hydrogens (tertiary/aromatic N) is 2. The van der Waals surface area contributed by atoms with Gasteiger partial charge in [0, 0.05) is 5.56 Å². The van der Waals surface area contributed by atoms with Crippen molar-refractivity contribution < 1.29 is 9.90 Å². The molecule has 1 amide bonds. The molecule has 0 aliphatic carbocycles. The molecule has 0 aromatic heterocycles. The Bertz CT molecular complexity index is 740. The summed E-state index contributed by atoms with van der Waals surface area (Å²) in [5.41, 5.74) is 0.613. The first-order valence-electron chi connectivity index (χ1n) is 5.98. The number of amides is 1. The van der Waals surface area contributed by atoms with Gasteiger partial charge in [-0.05, 0) is 16.8 Å². The maximum absolute atomic E-state index is 11.0. The number of aromatic hydroxyl groups is 1. The molecule has 1 fully saturated rings. The second kappa shape index (κ2) is 5.34. The summed E-state index contributed by atoms with van der Waals surface area (Å²) in [6, 6.07) is 11.2. The molecule has 1 saturated heterocycles. The molecule has 0 spiro atoms. The lowest BCUT2D eigenvalue weighted by Gasteiger charge is -2.03. The van der Waals surface area contributed by atoms with Crippen molar-refractivity contribution >= 4 is 39.8 Å². The highest BCUT2D eigenvalue weighted by Crippen LogP contribution is 2.25. The molecular formula is C14H11N3O2S. The third-order valence-electron chi connectivity index (χ3n) is 2.87. The van der Waals surface area contributed by atoms with Gasteiger partial charge in [-0.2, -0.15) is 5.10 Å². The number of nitrogens with one attached hydrogen (secondary N) is 1. The lowest BCUT2D eigenvalue weighted by Crippen LogP contribution is -2.19. The van der Waals surface area contributed by atoms with Gasteiger partial charge in [0.25, 0.3) is 0 Å². The lowest BCUT2D eigenvalue weighted by atomic mass is 10.0. The highest BCUT2D eigenvalue weighted by molar-refractivity contribution is 8.15. The third-order valence-corrected chi connectivity index (χ3v) is 3.73. The van der Waals surface area contributed by atoms with Gasteiger partial charge in [0.15, 0.2) is 5.17 Å². The summed E-state index contributed by atoms with van der Waals surface area (Å²) in [5, 5.41) is 22.8. The monoisotopic (exact) mass is 285 g/mol. The number of carbonyl (C=O) groups excluding carboxylic acids is 1. The van der Waals surface area contributed by atoms with E-state index < -0.39 is 0 Å². The Morgan fingerprint density at radius 1 is 1.25 bits per heavy atom. The normalized spacial score (nSPS) is 17.2. The van der Waals surface area contributed by atoms with Crippen LogP contribution in [0.1, 0.15) is 5.56 Å². The molecule has 1 aliphatic heterocycles. The molecule has 100 valence electrons. The van der Waals surface area contributed by atoms with Crippen molar-refractivity contribution in [2.75, 3.05) is 5.75 Å². The van der Waals surface area contributed by atoms with Gasteiger partial charge in [-0.25, -0.2) is 0 Å². The van der Waals surface area contributed by atoms with Crippen LogP contribution in [0.5, 0.6) is 5.75 Å². The van der Waals surface area contributed by atoms with E-state index in [2.05, 4.69) is 15.5 Å². The van der Waals surface area contributed by atoms with E-state index >= 15 is 0 Å². The molecule has 1 aliphatic rings. The van der Waals surface area contributed by atoms with Gasteiger partial charge in [-0.3, -0.25) is 4.79 Å². The Labute approximate surface area is 119 Å². The van der Waals surface area contributed by atoms with Crippen molar-refractivity contribution in [3.05, 3.63) is 42.0 Å². The summed E-state index contributed by atoms with van der Waals surface area (Å²) < 4.78 is 0. The SMILES string of the molecule is O=C1CSC(=N/N=C\c2c(O)ccc3ccccc23)N1. The second-order valence-electron chi connectivity index (χ2n) is 4.21. The Balaban J connectivity index is 1.94. The summed E-state index contributed by atoms with van der Waals surface area (Å²) in [6.07, 6.45) is 1.50. The fourth-order valence-electron chi connectivity index (χ4n) is 1.94. The van der Waals surface area contributed by atoms with Crippen LogP contribution in [0.4, 0.5) is 0 Å². The van der Waals surface area contributed by atoms with Crippen LogP contribution in [-0.2, 0) is 4.79 Å². The van der Waals surface area contributed by atoms with Crippen LogP contribution in [-0.4, -0.2) is 28.1 Å². The zero-order chi connectivity index (χ0) is 13.9. The Morgan fingerprint density at radius 3 is 2.90 bits per heavy atom. The fraction of sp³-hybridized carbons (Fsp3) is 0.0714. The number of rotatable bonds is 2. The molecule has 0 bridgehead atoms. The van der Waals surface area contributed by atoms with Crippen molar-refractivity contribution in [3.8, 4) is 5.75 Å². The maximum atomic E-state index is 11.0. The van der Waals surface area contributed by atoms with Crippen LogP contribution in [0.3, 0.4) is 0 Å². The van der Waals surface area contributed by atoms with E-state index in [-0.39, 0.29) is 11.7 Å². The first-order chi connectivity index (χ1) is 9.74. The molecule has 0 unspecified atom stereocenters. The number of amidine groups is 1. The Hall–Kier alpha value is -2.34. The number of fused-ring (bicyclic) bond motifs is 1. The number of phenols is 1. The maximum Gasteiger partial charge on any atom is 0.236 e. The Kier molecular flexibility index (Phi) is 3.39. The largest absolute Gasteiger partial charge is 0.507 e. The topological polar surface area (TPSA) is 74.0 Å². The van der Waals surface area contributed by atoms with Crippen LogP contribution < -0.4 is 5.32 Å². The van der Waals surface area contributed by atoms with E-state index in [9.17, 15) is 9.90 Å². The molecule has 1 heterocycles. The molecule has 20 heavy (non-hydrogen) atoms. The fourth-order valence-corrected chi connectivity index (χ4v) is 2.57. The first kappa shape index (κ1) is 12.7.